The number of aromatic nitrogens is 1. The molecule has 0 atom stereocenters. The number of primary amides is 1. The van der Waals surface area contributed by atoms with Gasteiger partial charge in [0, 0.05) is 10.9 Å². The minimum absolute atomic E-state index is 0.0357. The average molecular weight is 552 g/mol. The van der Waals surface area contributed by atoms with E-state index in [-0.39, 0.29) is 44.5 Å². The molecule has 39 heavy (non-hydrogen) atoms. The minimum Gasteiger partial charge on any atom is -0.486 e. The summed E-state index contributed by atoms with van der Waals surface area (Å²) in [4.78, 5) is 29.4. The van der Waals surface area contributed by atoms with Gasteiger partial charge in [-0.15, -0.1) is 11.3 Å². The molecule has 0 bridgehead atoms. The maximum Gasteiger partial charge on any atom is 0.291 e. The van der Waals surface area contributed by atoms with Crippen molar-refractivity contribution in [2.75, 3.05) is 5.32 Å². The van der Waals surface area contributed by atoms with Crippen LogP contribution in [0.1, 0.15) is 57.0 Å². The summed E-state index contributed by atoms with van der Waals surface area (Å²) >= 11 is 0.801. The summed E-state index contributed by atoms with van der Waals surface area (Å²) in [5, 5.41) is 2.91. The lowest BCUT2D eigenvalue weighted by molar-refractivity contribution is 0.0992. The van der Waals surface area contributed by atoms with Gasteiger partial charge in [0.15, 0.2) is 5.76 Å². The molecule has 4 aromatic heterocycles. The van der Waals surface area contributed by atoms with Crippen molar-refractivity contribution in [1.29, 1.82) is 0 Å². The lowest BCUT2D eigenvalue weighted by atomic mass is 10.1. The highest BCUT2D eigenvalue weighted by Crippen LogP contribution is 2.42. The van der Waals surface area contributed by atoms with Gasteiger partial charge < -0.3 is 24.6 Å². The molecule has 0 unspecified atom stereocenters. The second-order valence-corrected chi connectivity index (χ2v) is 9.63. The number of aryl methyl sites for hydroxylation is 1. The van der Waals surface area contributed by atoms with Crippen LogP contribution in [0.15, 0.2) is 69.7 Å². The van der Waals surface area contributed by atoms with Crippen LogP contribution in [0, 0.1) is 0 Å². The van der Waals surface area contributed by atoms with Crippen molar-refractivity contribution in [1.82, 2.24) is 4.98 Å². The van der Waals surface area contributed by atoms with E-state index in [2.05, 4.69) is 17.2 Å². The standard InChI is InChI=1S/C28H23F2N3O5S/c1-2-4-15-6-8-16(9-7-15)37-14-17-10-11-21(38-17)27(35)33-23-22-18(20-5-3-12-36-20)13-19(25(29)30)32-28(22)39-24(23)26(31)34/h3,5-13,25H,2,4,14H2,1H3,(H2,31,34)(H,33,35). The SMILES string of the molecule is CCCc1ccc(OCc2ccc(C(=O)Nc3c(C(N)=O)sc4nc(C(F)F)cc(-c5ccco5)c34)o2)cc1. The van der Waals surface area contributed by atoms with Crippen molar-refractivity contribution in [2.24, 2.45) is 5.73 Å². The average Bonchev–Trinajstić information content (AvgIpc) is 3.68. The molecule has 0 aliphatic carbocycles. The lowest BCUT2D eigenvalue weighted by Crippen LogP contribution is -2.16. The fraction of sp³-hybridized carbons (Fsp3) is 0.179. The van der Waals surface area contributed by atoms with Gasteiger partial charge in [-0.3, -0.25) is 9.59 Å². The summed E-state index contributed by atoms with van der Waals surface area (Å²) in [5.41, 5.74) is 6.55. The third kappa shape index (κ3) is 5.53. The van der Waals surface area contributed by atoms with Gasteiger partial charge >= 0.3 is 0 Å². The van der Waals surface area contributed by atoms with E-state index in [1.54, 1.807) is 18.2 Å². The van der Waals surface area contributed by atoms with Crippen LogP contribution in [-0.4, -0.2) is 16.8 Å². The normalized spacial score (nSPS) is 11.3. The first-order valence-electron chi connectivity index (χ1n) is 12.0. The van der Waals surface area contributed by atoms with Gasteiger partial charge in [0.25, 0.3) is 18.2 Å². The molecule has 0 radical (unpaired) electrons. The van der Waals surface area contributed by atoms with E-state index in [4.69, 9.17) is 19.3 Å². The molecule has 5 aromatic rings. The third-order valence-corrected chi connectivity index (χ3v) is 6.98. The van der Waals surface area contributed by atoms with Crippen molar-refractivity contribution in [3.8, 4) is 17.1 Å². The van der Waals surface area contributed by atoms with Gasteiger partial charge in [-0.05, 0) is 54.4 Å². The molecule has 0 saturated heterocycles. The monoisotopic (exact) mass is 551 g/mol. The molecule has 200 valence electrons. The van der Waals surface area contributed by atoms with Crippen molar-refractivity contribution in [3.63, 3.8) is 0 Å². The number of ether oxygens (including phenoxy) is 1. The molecule has 1 aromatic carbocycles. The van der Waals surface area contributed by atoms with Gasteiger partial charge in [0.2, 0.25) is 0 Å². The maximum absolute atomic E-state index is 13.6. The summed E-state index contributed by atoms with van der Waals surface area (Å²) in [6, 6.07) is 15.1. The summed E-state index contributed by atoms with van der Waals surface area (Å²) in [6.07, 6.45) is 0.560. The van der Waals surface area contributed by atoms with E-state index in [1.807, 2.05) is 24.3 Å². The molecule has 0 spiro atoms. The highest BCUT2D eigenvalue weighted by Gasteiger charge is 2.26. The number of nitrogens with zero attached hydrogens (tertiary/aromatic N) is 1. The molecular weight excluding hydrogens is 528 g/mol. The molecule has 3 N–H and O–H groups in total. The Morgan fingerprint density at radius 1 is 1.15 bits per heavy atom. The molecule has 0 aliphatic heterocycles. The molecule has 5 rings (SSSR count). The fourth-order valence-corrected chi connectivity index (χ4v) is 5.11. The van der Waals surface area contributed by atoms with Crippen LogP contribution < -0.4 is 15.8 Å². The summed E-state index contributed by atoms with van der Waals surface area (Å²) in [6.45, 7) is 2.21. The number of thiophene rings is 1. The quantitative estimate of drug-likeness (QED) is 0.193. The Labute approximate surface area is 225 Å². The summed E-state index contributed by atoms with van der Waals surface area (Å²) in [5.74, 6) is -0.240. The molecular formula is C28H23F2N3O5S. The Morgan fingerprint density at radius 2 is 1.95 bits per heavy atom. The number of alkyl halides is 2. The van der Waals surface area contributed by atoms with E-state index in [1.165, 1.54) is 17.9 Å². The Balaban J connectivity index is 1.41. The van der Waals surface area contributed by atoms with Crippen molar-refractivity contribution >= 4 is 39.1 Å². The smallest absolute Gasteiger partial charge is 0.291 e. The van der Waals surface area contributed by atoms with Crippen LogP contribution in [0.2, 0.25) is 0 Å². The Bertz CT molecular complexity index is 1630. The van der Waals surface area contributed by atoms with Gasteiger partial charge in [-0.2, -0.15) is 0 Å². The largest absolute Gasteiger partial charge is 0.486 e. The Morgan fingerprint density at radius 3 is 2.62 bits per heavy atom. The zero-order chi connectivity index (χ0) is 27.5. The summed E-state index contributed by atoms with van der Waals surface area (Å²) in [7, 11) is 0. The van der Waals surface area contributed by atoms with Gasteiger partial charge in [0.1, 0.15) is 39.3 Å². The number of benzene rings is 1. The number of hydrogen-bond donors (Lipinski definition) is 2. The molecule has 2 amide bonds. The van der Waals surface area contributed by atoms with Gasteiger partial charge in [0.05, 0.1) is 12.0 Å². The topological polar surface area (TPSA) is 121 Å². The predicted molar refractivity (Wildman–Crippen MR) is 142 cm³/mol. The first-order valence-corrected chi connectivity index (χ1v) is 12.9. The molecule has 0 saturated carbocycles. The molecule has 0 fully saturated rings. The molecule has 11 heteroatoms. The van der Waals surface area contributed by atoms with Gasteiger partial charge in [-0.1, -0.05) is 25.5 Å². The zero-order valence-corrected chi connectivity index (χ0v) is 21.5. The number of furan rings is 2. The number of nitrogens with one attached hydrogen (secondary N) is 1. The van der Waals surface area contributed by atoms with Crippen molar-refractivity contribution < 1.29 is 31.9 Å². The summed E-state index contributed by atoms with van der Waals surface area (Å²) < 4.78 is 44.0. The van der Waals surface area contributed by atoms with E-state index in [0.29, 0.717) is 11.5 Å². The number of anilines is 1. The van der Waals surface area contributed by atoms with E-state index in [0.717, 1.165) is 30.2 Å². The number of amides is 2. The number of rotatable bonds is 10. The Hall–Kier alpha value is -4.51. The second-order valence-electron chi connectivity index (χ2n) is 8.63. The Kier molecular flexibility index (Phi) is 7.42. The van der Waals surface area contributed by atoms with Crippen LogP contribution in [0.5, 0.6) is 5.75 Å². The zero-order valence-electron chi connectivity index (χ0n) is 20.7. The predicted octanol–water partition coefficient (Wildman–Crippen LogP) is 6.97. The first kappa shape index (κ1) is 26.1. The third-order valence-electron chi connectivity index (χ3n) is 5.88. The maximum atomic E-state index is 13.6. The molecule has 8 nitrogen and oxygen atoms in total. The highest BCUT2D eigenvalue weighted by molar-refractivity contribution is 7.21. The van der Waals surface area contributed by atoms with Crippen LogP contribution in [-0.2, 0) is 13.0 Å². The van der Waals surface area contributed by atoms with Crippen molar-refractivity contribution in [2.45, 2.75) is 32.8 Å². The highest BCUT2D eigenvalue weighted by atomic mass is 32.1. The van der Waals surface area contributed by atoms with Crippen molar-refractivity contribution in [3.05, 3.63) is 88.5 Å². The number of hydrogen-bond acceptors (Lipinski definition) is 7. The second kappa shape index (κ2) is 11.1. The molecule has 4 heterocycles. The number of halogens is 2. The fourth-order valence-electron chi connectivity index (χ4n) is 4.10. The number of pyridine rings is 1. The van der Waals surface area contributed by atoms with E-state index >= 15 is 0 Å². The number of nitrogens with two attached hydrogens (primary N) is 1. The van der Waals surface area contributed by atoms with Gasteiger partial charge in [-0.25, -0.2) is 13.8 Å². The van der Waals surface area contributed by atoms with Crippen LogP contribution in [0.3, 0.4) is 0 Å². The number of carbonyl (C=O) groups is 2. The first-order chi connectivity index (χ1) is 18.8. The van der Waals surface area contributed by atoms with Crippen LogP contribution >= 0.6 is 11.3 Å². The molecule has 0 aliphatic rings. The van der Waals surface area contributed by atoms with Crippen LogP contribution in [0.25, 0.3) is 21.5 Å². The minimum atomic E-state index is -2.86. The van der Waals surface area contributed by atoms with E-state index in [9.17, 15) is 18.4 Å². The number of fused-ring (bicyclic) bond motifs is 1. The van der Waals surface area contributed by atoms with Crippen LogP contribution in [0.4, 0.5) is 14.5 Å². The van der Waals surface area contributed by atoms with E-state index < -0.39 is 23.9 Å². The lowest BCUT2D eigenvalue weighted by Gasteiger charge is -2.09. The number of carbonyl (C=O) groups excluding carboxylic acids is 2.